The number of benzene rings is 4. The highest BCUT2D eigenvalue weighted by molar-refractivity contribution is 6.00. The highest BCUT2D eigenvalue weighted by atomic mass is 16.7. The number of allylic oxidation sites excluding steroid dienone is 2. The summed E-state index contributed by atoms with van der Waals surface area (Å²) in [6.45, 7) is 26.9. The van der Waals surface area contributed by atoms with Gasteiger partial charge in [0.15, 0.2) is 34.5 Å². The van der Waals surface area contributed by atoms with Gasteiger partial charge in [-0.05, 0) is 128 Å². The Morgan fingerprint density at radius 1 is 0.647 bits per heavy atom. The van der Waals surface area contributed by atoms with Crippen LogP contribution in [0.2, 0.25) is 0 Å². The van der Waals surface area contributed by atoms with Crippen molar-refractivity contribution in [2.24, 2.45) is 16.8 Å². The molecule has 102 heavy (non-hydrogen) atoms. The standard InChI is InChI=1S/C77H108N6O19/c1-12-57(60-19-22-66-70(47-60)102-52-101-66)43-54(7)50-79-65-49-71(67(89-10)46-58(65)13-2)100-26-16-25-99-69-44-55(8)64(48-68(69)90-11)77(88)83-51-61(45-63(83)14-3)59-17-20-62(21-18-59)81-75(86)56(9)80-76(87)74(53(5)6)82-73(85)23-27-91-29-31-93-33-35-95-37-39-97-41-42-98-40-38-96-36-34-94-32-30-92-28-24-78-72(84)15-4/h12,14,17-22,44,46-51,53-54,56,63,74H,3,13,15-16,23-43,45,52H2,1-2,4-11H3,(H,78,84)(H,80,87)(H,81,86)(H,82,85)/b57-12+,79-50?. The van der Waals surface area contributed by atoms with Crippen molar-refractivity contribution in [3.05, 3.63) is 119 Å². The molecule has 5 amide bonds. The summed E-state index contributed by atoms with van der Waals surface area (Å²) >= 11 is 0. The molecule has 560 valence electrons. The number of ether oxygens (including phenoxy) is 14. The molecule has 0 aromatic heterocycles. The molecule has 0 radical (unpaired) electrons. The number of carbonyl (C=O) groups is 5. The Morgan fingerprint density at radius 2 is 1.22 bits per heavy atom. The van der Waals surface area contributed by atoms with Crippen LogP contribution in [0.4, 0.5) is 11.4 Å². The minimum atomic E-state index is -0.933. The maximum absolute atomic E-state index is 14.4. The molecule has 0 saturated carbocycles. The van der Waals surface area contributed by atoms with Gasteiger partial charge in [0.1, 0.15) is 12.1 Å². The van der Waals surface area contributed by atoms with Gasteiger partial charge >= 0.3 is 0 Å². The molecule has 4 aromatic rings. The molecule has 2 heterocycles. The van der Waals surface area contributed by atoms with Gasteiger partial charge in [-0.3, -0.25) is 29.0 Å². The maximum atomic E-state index is 14.4. The third-order valence-electron chi connectivity index (χ3n) is 16.5. The van der Waals surface area contributed by atoms with E-state index in [1.165, 1.54) is 12.7 Å². The number of rotatable bonds is 51. The van der Waals surface area contributed by atoms with E-state index in [1.54, 1.807) is 50.1 Å². The fourth-order valence-corrected chi connectivity index (χ4v) is 10.7. The first-order valence-electron chi connectivity index (χ1n) is 35.3. The number of aliphatic imine (C=N–C) groups is 1. The second-order valence-electron chi connectivity index (χ2n) is 24.5. The number of nitrogens with one attached hydrogen (secondary N) is 4. The van der Waals surface area contributed by atoms with Crippen molar-refractivity contribution in [1.82, 2.24) is 20.9 Å². The number of aryl methyl sites for hydroxylation is 2. The highest BCUT2D eigenvalue weighted by Crippen LogP contribution is 2.39. The molecule has 2 aliphatic heterocycles. The summed E-state index contributed by atoms with van der Waals surface area (Å²) in [7, 11) is 3.16. The van der Waals surface area contributed by atoms with Crippen molar-refractivity contribution in [2.45, 2.75) is 112 Å². The van der Waals surface area contributed by atoms with Crippen LogP contribution in [0.15, 0.2) is 96.7 Å². The lowest BCUT2D eigenvalue weighted by molar-refractivity contribution is -0.132. The average Bonchev–Trinajstić information content (AvgIpc) is 1.57. The number of methoxy groups -OCH3 is 2. The van der Waals surface area contributed by atoms with E-state index in [4.69, 9.17) is 71.3 Å². The van der Waals surface area contributed by atoms with Crippen LogP contribution in [0.25, 0.3) is 11.1 Å². The van der Waals surface area contributed by atoms with Crippen LogP contribution in [-0.4, -0.2) is 205 Å². The molecule has 0 spiro atoms. The zero-order valence-corrected chi connectivity index (χ0v) is 61.3. The summed E-state index contributed by atoms with van der Waals surface area (Å²) in [4.78, 5) is 71.8. The lowest BCUT2D eigenvalue weighted by Crippen LogP contribution is -2.53. The first-order chi connectivity index (χ1) is 49.5. The van der Waals surface area contributed by atoms with Gasteiger partial charge in [0, 0.05) is 55.5 Å². The third kappa shape index (κ3) is 28.1. The van der Waals surface area contributed by atoms with Crippen LogP contribution in [0.5, 0.6) is 34.5 Å². The van der Waals surface area contributed by atoms with Gasteiger partial charge in [0.25, 0.3) is 5.91 Å². The number of fused-ring (bicyclic) bond motifs is 1. The van der Waals surface area contributed by atoms with E-state index in [0.717, 1.165) is 52.3 Å². The summed E-state index contributed by atoms with van der Waals surface area (Å²) in [5.41, 5.74) is 7.54. The molecular weight excluding hydrogens is 1310 g/mol. The number of carbonyl (C=O) groups excluding carboxylic acids is 5. The molecule has 25 nitrogen and oxygen atoms in total. The number of anilines is 1. The zero-order valence-electron chi connectivity index (χ0n) is 61.3. The van der Waals surface area contributed by atoms with Gasteiger partial charge in [-0.25, -0.2) is 0 Å². The first kappa shape index (κ1) is 82.6. The fourth-order valence-electron chi connectivity index (χ4n) is 10.7. The number of amides is 5. The lowest BCUT2D eigenvalue weighted by Gasteiger charge is -2.24. The molecule has 2 aliphatic rings. The topological polar surface area (TPSA) is 278 Å². The Kier molecular flexibility index (Phi) is 37.4. The van der Waals surface area contributed by atoms with Crippen molar-refractivity contribution < 1.29 is 90.3 Å². The Labute approximate surface area is 601 Å². The van der Waals surface area contributed by atoms with Crippen LogP contribution in [0.3, 0.4) is 0 Å². The maximum Gasteiger partial charge on any atom is 0.258 e. The van der Waals surface area contributed by atoms with Crippen LogP contribution in [0, 0.1) is 18.8 Å². The van der Waals surface area contributed by atoms with Crippen LogP contribution in [-0.2, 0) is 63.5 Å². The fraction of sp³-hybridized carbons (Fsp3) is 0.532. The highest BCUT2D eigenvalue weighted by Gasteiger charge is 2.31. The molecule has 4 atom stereocenters. The molecule has 0 fully saturated rings. The Morgan fingerprint density at radius 3 is 1.77 bits per heavy atom. The monoisotopic (exact) mass is 1420 g/mol. The van der Waals surface area contributed by atoms with E-state index >= 15 is 0 Å². The van der Waals surface area contributed by atoms with Gasteiger partial charge in [-0.15, -0.1) is 6.58 Å². The molecule has 4 aromatic carbocycles. The summed E-state index contributed by atoms with van der Waals surface area (Å²) in [6.07, 6.45) is 10.8. The van der Waals surface area contributed by atoms with Crippen molar-refractivity contribution in [1.29, 1.82) is 0 Å². The smallest absolute Gasteiger partial charge is 0.258 e. The van der Waals surface area contributed by atoms with Gasteiger partial charge < -0.3 is 92.5 Å². The molecule has 0 saturated heterocycles. The van der Waals surface area contributed by atoms with E-state index in [1.807, 2.05) is 82.6 Å². The van der Waals surface area contributed by atoms with E-state index in [-0.39, 0.29) is 62.0 Å². The second-order valence-corrected chi connectivity index (χ2v) is 24.5. The minimum Gasteiger partial charge on any atom is -0.493 e. The Hall–Kier alpha value is -8.40. The van der Waals surface area contributed by atoms with Crippen LogP contribution in [0.1, 0.15) is 113 Å². The summed E-state index contributed by atoms with van der Waals surface area (Å²) < 4.78 is 79.2. The predicted octanol–water partition coefficient (Wildman–Crippen LogP) is 10.1. The van der Waals surface area contributed by atoms with E-state index < -0.39 is 23.9 Å². The van der Waals surface area contributed by atoms with Gasteiger partial charge in [-0.2, -0.15) is 0 Å². The van der Waals surface area contributed by atoms with Crippen molar-refractivity contribution in [2.75, 3.05) is 152 Å². The van der Waals surface area contributed by atoms with Crippen LogP contribution >= 0.6 is 0 Å². The molecule has 25 heteroatoms. The van der Waals surface area contributed by atoms with Crippen molar-refractivity contribution in [3.63, 3.8) is 0 Å². The van der Waals surface area contributed by atoms with E-state index in [2.05, 4.69) is 53.8 Å². The summed E-state index contributed by atoms with van der Waals surface area (Å²) in [5.74, 6) is 1.95. The SMILES string of the molecule is C=CC1CC(c2ccc(NC(=O)C(C)NC(=O)C(NC(=O)CCOCCOCCOCCOCCOCCOCCOCCOCCNC(=O)CC)C(C)C)cc2)=CN1C(=O)c1cc(OC)c(OCCCOc2cc(N=CC(C)C/C(=C\C)c3ccc4c(c3)OCO4)c(CC)cc2OC)cc1C. The quantitative estimate of drug-likeness (QED) is 0.0182. The number of hydrogen-bond donors (Lipinski definition) is 4. The van der Waals surface area contributed by atoms with Gasteiger partial charge in [0.05, 0.1) is 145 Å². The van der Waals surface area contributed by atoms with Crippen LogP contribution < -0.4 is 49.7 Å². The molecule has 0 aliphatic carbocycles. The van der Waals surface area contributed by atoms with Gasteiger partial charge in [-0.1, -0.05) is 65.0 Å². The van der Waals surface area contributed by atoms with Crippen molar-refractivity contribution >= 4 is 58.3 Å². The minimum absolute atomic E-state index is 0.00604. The summed E-state index contributed by atoms with van der Waals surface area (Å²) in [6, 6.07) is 18.5. The molecule has 4 N–H and O–H groups in total. The normalized spacial score (nSPS) is 14.3. The molecule has 4 unspecified atom stereocenters. The predicted molar refractivity (Wildman–Crippen MR) is 391 cm³/mol. The lowest BCUT2D eigenvalue weighted by atomic mass is 9.95. The Balaban J connectivity index is 0.837. The third-order valence-corrected chi connectivity index (χ3v) is 16.5. The summed E-state index contributed by atoms with van der Waals surface area (Å²) in [5, 5.41) is 11.1. The number of hydrogen-bond acceptors (Lipinski definition) is 20. The zero-order chi connectivity index (χ0) is 73.4. The van der Waals surface area contributed by atoms with E-state index in [9.17, 15) is 24.0 Å². The average molecular weight is 1420 g/mol. The molecular formula is C77H108N6O19. The van der Waals surface area contributed by atoms with Crippen molar-refractivity contribution in [3.8, 4) is 34.5 Å². The Bertz CT molecular complexity index is 3360. The van der Waals surface area contributed by atoms with Gasteiger partial charge in [0.2, 0.25) is 30.4 Å². The number of nitrogens with zero attached hydrogens (tertiary/aromatic N) is 2. The largest absolute Gasteiger partial charge is 0.493 e. The second kappa shape index (κ2) is 46.3. The molecule has 6 rings (SSSR count). The molecule has 0 bridgehead atoms. The van der Waals surface area contributed by atoms with E-state index in [0.29, 0.717) is 171 Å². The first-order valence-corrected chi connectivity index (χ1v) is 35.3.